The molecule has 1 aliphatic rings. The molecule has 3 rings (SSSR count). The van der Waals surface area contributed by atoms with Crippen LogP contribution in [0.3, 0.4) is 0 Å². The van der Waals surface area contributed by atoms with E-state index in [0.717, 1.165) is 23.4 Å². The zero-order chi connectivity index (χ0) is 14.9. The van der Waals surface area contributed by atoms with Crippen molar-refractivity contribution in [2.45, 2.75) is 30.6 Å². The van der Waals surface area contributed by atoms with E-state index >= 15 is 0 Å². The molecule has 0 radical (unpaired) electrons. The molecule has 21 heavy (non-hydrogen) atoms. The summed E-state index contributed by atoms with van der Waals surface area (Å²) in [6, 6.07) is 7.07. The van der Waals surface area contributed by atoms with Crippen molar-refractivity contribution in [1.29, 1.82) is 0 Å². The highest BCUT2D eigenvalue weighted by molar-refractivity contribution is 7.89. The van der Waals surface area contributed by atoms with Gasteiger partial charge in [-0.3, -0.25) is 0 Å². The van der Waals surface area contributed by atoms with Crippen LogP contribution in [-0.2, 0) is 10.0 Å². The van der Waals surface area contributed by atoms with Gasteiger partial charge in [0.2, 0.25) is 10.0 Å². The largest absolute Gasteiger partial charge is 0.249 e. The Balaban J connectivity index is 1.72. The van der Waals surface area contributed by atoms with Crippen molar-refractivity contribution in [3.05, 3.63) is 46.4 Å². The van der Waals surface area contributed by atoms with E-state index in [2.05, 4.69) is 4.98 Å². The molecule has 0 atom stereocenters. The Morgan fingerprint density at radius 2 is 1.86 bits per heavy atom. The maximum atomic E-state index is 12.6. The number of rotatable bonds is 3. The van der Waals surface area contributed by atoms with Crippen molar-refractivity contribution in [1.82, 2.24) is 9.29 Å². The molecule has 1 aromatic heterocycles. The van der Waals surface area contributed by atoms with E-state index in [1.165, 1.54) is 0 Å². The van der Waals surface area contributed by atoms with Crippen molar-refractivity contribution >= 4 is 21.4 Å². The molecule has 0 saturated carbocycles. The van der Waals surface area contributed by atoms with Crippen LogP contribution in [0.25, 0.3) is 0 Å². The standard InChI is InChI=1S/C15H18N2O2S2/c1-12-2-4-14(5-3-12)21(18,19)17-9-6-13(7-10-17)15-16-8-11-20-15/h2-5,8,11,13H,6-7,9-10H2,1H3. The third-order valence-electron chi connectivity index (χ3n) is 3.91. The zero-order valence-electron chi connectivity index (χ0n) is 11.9. The molecule has 0 unspecified atom stereocenters. The number of hydrogen-bond acceptors (Lipinski definition) is 4. The van der Waals surface area contributed by atoms with Crippen LogP contribution in [0.2, 0.25) is 0 Å². The molecule has 2 heterocycles. The van der Waals surface area contributed by atoms with Gasteiger partial charge in [-0.1, -0.05) is 17.7 Å². The quantitative estimate of drug-likeness (QED) is 0.873. The average molecular weight is 322 g/mol. The van der Waals surface area contributed by atoms with E-state index in [-0.39, 0.29) is 0 Å². The molecule has 2 aromatic rings. The molecule has 0 amide bonds. The first-order valence-corrected chi connectivity index (χ1v) is 9.35. The average Bonchev–Trinajstić information content (AvgIpc) is 3.02. The lowest BCUT2D eigenvalue weighted by Crippen LogP contribution is -2.37. The molecule has 6 heteroatoms. The van der Waals surface area contributed by atoms with Gasteiger partial charge in [0.05, 0.1) is 9.90 Å². The van der Waals surface area contributed by atoms with Gasteiger partial charge in [0.15, 0.2) is 0 Å². The molecule has 112 valence electrons. The van der Waals surface area contributed by atoms with Crippen molar-refractivity contribution in [2.24, 2.45) is 0 Å². The number of aryl methyl sites for hydroxylation is 1. The predicted octanol–water partition coefficient (Wildman–Crippen LogP) is 3.02. The summed E-state index contributed by atoms with van der Waals surface area (Å²) in [5.41, 5.74) is 1.07. The maximum absolute atomic E-state index is 12.6. The fraction of sp³-hybridized carbons (Fsp3) is 0.400. The molecule has 0 N–H and O–H groups in total. The second-order valence-corrected chi connectivity index (χ2v) is 8.23. The molecular formula is C15H18N2O2S2. The molecule has 1 aliphatic heterocycles. The van der Waals surface area contributed by atoms with Gasteiger partial charge in [-0.05, 0) is 31.9 Å². The van der Waals surface area contributed by atoms with Crippen molar-refractivity contribution < 1.29 is 8.42 Å². The van der Waals surface area contributed by atoms with E-state index < -0.39 is 10.0 Å². The third-order valence-corrected chi connectivity index (χ3v) is 6.76. The van der Waals surface area contributed by atoms with Gasteiger partial charge in [-0.15, -0.1) is 11.3 Å². The van der Waals surface area contributed by atoms with Crippen LogP contribution in [0, 0.1) is 6.92 Å². The van der Waals surface area contributed by atoms with Crippen molar-refractivity contribution in [3.8, 4) is 0 Å². The fourth-order valence-electron chi connectivity index (χ4n) is 2.64. The number of aromatic nitrogens is 1. The molecule has 4 nitrogen and oxygen atoms in total. The lowest BCUT2D eigenvalue weighted by atomic mass is 9.99. The van der Waals surface area contributed by atoms with E-state index in [1.54, 1.807) is 27.8 Å². The molecular weight excluding hydrogens is 304 g/mol. The van der Waals surface area contributed by atoms with E-state index in [4.69, 9.17) is 0 Å². The van der Waals surface area contributed by atoms with Gasteiger partial charge >= 0.3 is 0 Å². The Hall–Kier alpha value is -1.24. The summed E-state index contributed by atoms with van der Waals surface area (Å²) < 4.78 is 26.8. The topological polar surface area (TPSA) is 50.3 Å². The summed E-state index contributed by atoms with van der Waals surface area (Å²) >= 11 is 1.66. The number of piperidine rings is 1. The van der Waals surface area contributed by atoms with Crippen molar-refractivity contribution in [2.75, 3.05) is 13.1 Å². The fourth-order valence-corrected chi connectivity index (χ4v) is 4.92. The highest BCUT2D eigenvalue weighted by atomic mass is 32.2. The number of benzene rings is 1. The molecule has 1 fully saturated rings. The predicted molar refractivity (Wildman–Crippen MR) is 84.0 cm³/mol. The third kappa shape index (κ3) is 3.02. The number of nitrogens with zero attached hydrogens (tertiary/aromatic N) is 2. The number of hydrogen-bond donors (Lipinski definition) is 0. The SMILES string of the molecule is Cc1ccc(S(=O)(=O)N2CCC(c3nccs3)CC2)cc1. The van der Waals surface area contributed by atoms with E-state index in [0.29, 0.717) is 23.9 Å². The Bertz CT molecular complexity index is 686. The van der Waals surface area contributed by atoms with Gasteiger partial charge in [0.25, 0.3) is 0 Å². The molecule has 0 bridgehead atoms. The lowest BCUT2D eigenvalue weighted by molar-refractivity contribution is 0.319. The van der Waals surface area contributed by atoms with Crippen LogP contribution in [0.4, 0.5) is 0 Å². The van der Waals surface area contributed by atoms with Crippen LogP contribution in [0.1, 0.15) is 29.3 Å². The Labute approximate surface area is 129 Å². The van der Waals surface area contributed by atoms with Gasteiger partial charge < -0.3 is 0 Å². The highest BCUT2D eigenvalue weighted by Crippen LogP contribution is 2.31. The summed E-state index contributed by atoms with van der Waals surface area (Å²) in [5.74, 6) is 0.398. The normalized spacial score (nSPS) is 18.0. The van der Waals surface area contributed by atoms with Gasteiger partial charge in [-0.2, -0.15) is 4.31 Å². The Kier molecular flexibility index (Phi) is 4.10. The van der Waals surface area contributed by atoms with E-state index in [9.17, 15) is 8.42 Å². The summed E-state index contributed by atoms with van der Waals surface area (Å²) in [6.45, 7) is 3.09. The van der Waals surface area contributed by atoms with Gasteiger partial charge in [0, 0.05) is 30.6 Å². The molecule has 0 spiro atoms. The minimum atomic E-state index is -3.35. The van der Waals surface area contributed by atoms with Crippen molar-refractivity contribution in [3.63, 3.8) is 0 Å². The molecule has 1 aromatic carbocycles. The Morgan fingerprint density at radius 3 is 2.43 bits per heavy atom. The number of sulfonamides is 1. The van der Waals surface area contributed by atoms with Crippen LogP contribution < -0.4 is 0 Å². The van der Waals surface area contributed by atoms with Crippen LogP contribution in [-0.4, -0.2) is 30.8 Å². The molecule has 0 aliphatic carbocycles. The highest BCUT2D eigenvalue weighted by Gasteiger charge is 2.30. The summed E-state index contributed by atoms with van der Waals surface area (Å²) in [5, 5.41) is 3.10. The van der Waals surface area contributed by atoms with Crippen LogP contribution in [0.15, 0.2) is 40.7 Å². The minimum absolute atomic E-state index is 0.390. The smallest absolute Gasteiger partial charge is 0.243 e. The first kappa shape index (κ1) is 14.7. The van der Waals surface area contributed by atoms with Gasteiger partial charge in [0.1, 0.15) is 0 Å². The lowest BCUT2D eigenvalue weighted by Gasteiger charge is -2.30. The minimum Gasteiger partial charge on any atom is -0.249 e. The van der Waals surface area contributed by atoms with Crippen LogP contribution >= 0.6 is 11.3 Å². The summed E-state index contributed by atoms with van der Waals surface area (Å²) in [7, 11) is -3.35. The number of thiazole rings is 1. The van der Waals surface area contributed by atoms with E-state index in [1.807, 2.05) is 30.6 Å². The maximum Gasteiger partial charge on any atom is 0.243 e. The first-order valence-electron chi connectivity index (χ1n) is 7.03. The zero-order valence-corrected chi connectivity index (χ0v) is 13.5. The molecule has 1 saturated heterocycles. The van der Waals surface area contributed by atoms with Crippen LogP contribution in [0.5, 0.6) is 0 Å². The second-order valence-electron chi connectivity index (χ2n) is 5.36. The summed E-state index contributed by atoms with van der Waals surface area (Å²) in [4.78, 5) is 4.74. The monoisotopic (exact) mass is 322 g/mol. The summed E-state index contributed by atoms with van der Waals surface area (Å²) in [6.07, 6.45) is 3.51. The first-order chi connectivity index (χ1) is 10.1. The van der Waals surface area contributed by atoms with Gasteiger partial charge in [-0.25, -0.2) is 13.4 Å². The second kappa shape index (κ2) is 5.87. The Morgan fingerprint density at radius 1 is 1.19 bits per heavy atom.